The lowest BCUT2D eigenvalue weighted by molar-refractivity contribution is 1.14. The average Bonchev–Trinajstić information content (AvgIpc) is 2.91. The fraction of sp³-hybridized carbons (Fsp3) is 0.267. The molecular formula is C30H45NS. The monoisotopic (exact) mass is 451 g/mol. The van der Waals surface area contributed by atoms with Crippen molar-refractivity contribution in [1.29, 1.82) is 0 Å². The van der Waals surface area contributed by atoms with E-state index >= 15 is 0 Å². The molecule has 0 spiro atoms. The highest BCUT2D eigenvalue weighted by Gasteiger charge is 1.84. The molecule has 0 bridgehead atoms. The first kappa shape index (κ1) is 36.6. The van der Waals surface area contributed by atoms with E-state index in [-0.39, 0.29) is 13.5 Å². The molecule has 4 rings (SSSR count). The van der Waals surface area contributed by atoms with Crippen molar-refractivity contribution in [1.82, 2.24) is 0 Å². The fourth-order valence-corrected chi connectivity index (χ4v) is 1.78. The Morgan fingerprint density at radius 3 is 1.19 bits per heavy atom. The van der Waals surface area contributed by atoms with Gasteiger partial charge in [-0.25, -0.2) is 0 Å². The first-order valence-electron chi connectivity index (χ1n) is 11.4. The van der Waals surface area contributed by atoms with E-state index in [1.165, 1.54) is 5.39 Å². The van der Waals surface area contributed by atoms with Gasteiger partial charge < -0.3 is 5.73 Å². The SMILES string of the molecule is CC.CC.CC.CCN.S.c1ccc2ccccc2c#1.c1ccccc1.c1ccccc1. The van der Waals surface area contributed by atoms with Crippen LogP contribution in [0.5, 0.6) is 0 Å². The molecule has 0 radical (unpaired) electrons. The summed E-state index contributed by atoms with van der Waals surface area (Å²) in [5.41, 5.74) is 4.85. The summed E-state index contributed by atoms with van der Waals surface area (Å²) in [5, 5.41) is 2.35. The molecule has 0 fully saturated rings. The van der Waals surface area contributed by atoms with Crippen molar-refractivity contribution < 1.29 is 0 Å². The molecule has 1 nitrogen and oxygen atoms in total. The molecule has 176 valence electrons. The molecule has 0 amide bonds. The van der Waals surface area contributed by atoms with E-state index in [9.17, 15) is 0 Å². The van der Waals surface area contributed by atoms with Crippen LogP contribution in [0.3, 0.4) is 0 Å². The van der Waals surface area contributed by atoms with Crippen LogP contribution in [-0.2, 0) is 0 Å². The molecule has 0 saturated carbocycles. The third kappa shape index (κ3) is 25.3. The molecule has 2 heteroatoms. The van der Waals surface area contributed by atoms with Crippen LogP contribution in [0.4, 0.5) is 0 Å². The van der Waals surface area contributed by atoms with Gasteiger partial charge in [0.1, 0.15) is 0 Å². The highest BCUT2D eigenvalue weighted by Crippen LogP contribution is 2.08. The van der Waals surface area contributed by atoms with Crippen molar-refractivity contribution >= 4 is 24.3 Å². The second kappa shape index (κ2) is 35.7. The highest BCUT2D eigenvalue weighted by molar-refractivity contribution is 7.59. The van der Waals surface area contributed by atoms with Crippen LogP contribution in [0.1, 0.15) is 48.5 Å². The van der Waals surface area contributed by atoms with Crippen LogP contribution in [0.2, 0.25) is 0 Å². The number of hydrogen-bond acceptors (Lipinski definition) is 1. The lowest BCUT2D eigenvalue weighted by Crippen LogP contribution is -1.87. The zero-order valence-electron chi connectivity index (χ0n) is 21.2. The average molecular weight is 452 g/mol. The Labute approximate surface area is 206 Å². The van der Waals surface area contributed by atoms with E-state index in [1.807, 2.05) is 152 Å². The Bertz CT molecular complexity index is 608. The number of rotatable bonds is 0. The minimum absolute atomic E-state index is 0. The summed E-state index contributed by atoms with van der Waals surface area (Å²) in [6.45, 7) is 14.7. The summed E-state index contributed by atoms with van der Waals surface area (Å²) < 4.78 is 0. The maximum atomic E-state index is 4.85. The van der Waals surface area contributed by atoms with Crippen LogP contribution in [0.25, 0.3) is 10.8 Å². The van der Waals surface area contributed by atoms with E-state index in [0.717, 1.165) is 11.9 Å². The minimum Gasteiger partial charge on any atom is -0.331 e. The van der Waals surface area contributed by atoms with E-state index in [0.29, 0.717) is 0 Å². The Morgan fingerprint density at radius 2 is 0.875 bits per heavy atom. The van der Waals surface area contributed by atoms with Crippen LogP contribution in [0, 0.1) is 12.1 Å². The third-order valence-electron chi connectivity index (χ3n) is 2.85. The zero-order chi connectivity index (χ0) is 24.0. The summed E-state index contributed by atoms with van der Waals surface area (Å²) in [7, 11) is 0. The minimum atomic E-state index is 0. The normalized spacial score (nSPS) is 7.00. The highest BCUT2D eigenvalue weighted by atomic mass is 32.1. The van der Waals surface area contributed by atoms with Crippen molar-refractivity contribution in [3.8, 4) is 0 Å². The zero-order valence-corrected chi connectivity index (χ0v) is 22.2. The van der Waals surface area contributed by atoms with Crippen molar-refractivity contribution in [3.05, 3.63) is 121 Å². The molecule has 32 heavy (non-hydrogen) atoms. The Hall–Kier alpha value is -2.73. The maximum Gasteiger partial charge on any atom is 0.0321 e. The third-order valence-corrected chi connectivity index (χ3v) is 2.85. The van der Waals surface area contributed by atoms with Gasteiger partial charge in [-0.2, -0.15) is 13.5 Å². The molecule has 2 N–H and O–H groups in total. The second-order valence-corrected chi connectivity index (χ2v) is 4.91. The van der Waals surface area contributed by atoms with Gasteiger partial charge in [-0.1, -0.05) is 152 Å². The van der Waals surface area contributed by atoms with Gasteiger partial charge in [0.2, 0.25) is 0 Å². The van der Waals surface area contributed by atoms with Crippen LogP contribution >= 0.6 is 13.5 Å². The lowest BCUT2D eigenvalue weighted by atomic mass is 10.2. The van der Waals surface area contributed by atoms with Gasteiger partial charge in [0, 0.05) is 5.39 Å². The van der Waals surface area contributed by atoms with Crippen LogP contribution in [0.15, 0.2) is 109 Å². The first-order valence-corrected chi connectivity index (χ1v) is 11.4. The van der Waals surface area contributed by atoms with Gasteiger partial charge >= 0.3 is 0 Å². The standard InChI is InChI=1S/C10H6.2C6H6.C2H7N.3C2H6.H2S/c1-2-6-10-8-4-3-7-9(10)5-1;2*1-2-4-6-5-3-1;1-2-3;3*1-2;/h1-3,5-7H;2*1-6H;2-3H2,1H3;3*1-2H3;1H2. The summed E-state index contributed by atoms with van der Waals surface area (Å²) in [6.07, 6.45) is 0. The number of nitrogens with two attached hydrogens (primary N) is 1. The van der Waals surface area contributed by atoms with E-state index in [2.05, 4.69) is 18.2 Å². The molecule has 4 aromatic carbocycles. The second-order valence-electron chi connectivity index (χ2n) is 4.91. The Kier molecular flexibility index (Phi) is 40.9. The van der Waals surface area contributed by atoms with Crippen molar-refractivity contribution in [2.24, 2.45) is 5.73 Å². The molecule has 0 aliphatic carbocycles. The van der Waals surface area contributed by atoms with Crippen LogP contribution < -0.4 is 5.73 Å². The van der Waals surface area contributed by atoms with E-state index in [1.54, 1.807) is 0 Å². The largest absolute Gasteiger partial charge is 0.331 e. The van der Waals surface area contributed by atoms with Crippen LogP contribution in [-0.4, -0.2) is 6.54 Å². The molecule has 0 atom stereocenters. The van der Waals surface area contributed by atoms with Gasteiger partial charge in [0.05, 0.1) is 0 Å². The lowest BCUT2D eigenvalue weighted by Gasteiger charge is -1.88. The van der Waals surface area contributed by atoms with Gasteiger partial charge in [-0.05, 0) is 30.1 Å². The summed E-state index contributed by atoms with van der Waals surface area (Å²) >= 11 is 0. The van der Waals surface area contributed by atoms with Gasteiger partial charge in [-0.3, -0.25) is 0 Å². The summed E-state index contributed by atoms with van der Waals surface area (Å²) in [6, 6.07) is 42.0. The van der Waals surface area contributed by atoms with Gasteiger partial charge in [0.25, 0.3) is 0 Å². The molecular weight excluding hydrogens is 406 g/mol. The molecule has 0 heterocycles. The summed E-state index contributed by atoms with van der Waals surface area (Å²) in [4.78, 5) is 0. The quantitative estimate of drug-likeness (QED) is 0.283. The smallest absolute Gasteiger partial charge is 0.0321 e. The molecule has 0 unspecified atom stereocenters. The maximum absolute atomic E-state index is 4.85. The molecule has 0 aliphatic rings. The number of benzene rings is 3. The van der Waals surface area contributed by atoms with Crippen molar-refractivity contribution in [3.63, 3.8) is 0 Å². The molecule has 0 saturated heterocycles. The fourth-order valence-electron chi connectivity index (χ4n) is 1.78. The topological polar surface area (TPSA) is 26.0 Å². The van der Waals surface area contributed by atoms with Crippen molar-refractivity contribution in [2.45, 2.75) is 48.5 Å². The Balaban J connectivity index is -0.000000158. The van der Waals surface area contributed by atoms with E-state index < -0.39 is 0 Å². The van der Waals surface area contributed by atoms with Gasteiger partial charge in [0.15, 0.2) is 0 Å². The first-order chi connectivity index (χ1) is 15.4. The van der Waals surface area contributed by atoms with Gasteiger partial charge in [-0.15, -0.1) is 0 Å². The summed E-state index contributed by atoms with van der Waals surface area (Å²) in [5.74, 6) is 0. The molecule has 0 aromatic heterocycles. The van der Waals surface area contributed by atoms with E-state index in [4.69, 9.17) is 5.73 Å². The predicted octanol–water partition coefficient (Wildman–Crippen LogP) is 8.97. The van der Waals surface area contributed by atoms with Crippen molar-refractivity contribution in [2.75, 3.05) is 6.54 Å². The predicted molar refractivity (Wildman–Crippen MR) is 154 cm³/mol. The Morgan fingerprint density at radius 1 is 0.562 bits per heavy atom. The number of fused-ring (bicyclic) bond motifs is 1. The molecule has 0 aliphatic heterocycles. The number of hydrogen-bond donors (Lipinski definition) is 1. The molecule has 4 aromatic rings.